The molecule has 1 aliphatic carbocycles. The Morgan fingerprint density at radius 2 is 1.82 bits per heavy atom. The second-order valence-corrected chi connectivity index (χ2v) is 10.3. The molecule has 1 saturated heterocycles. The molecule has 2 atom stereocenters. The molecule has 2 aromatic carbocycles. The number of hydrogen-bond donors (Lipinski definition) is 1. The maximum absolute atomic E-state index is 13.0. The van der Waals surface area contributed by atoms with Crippen LogP contribution in [0, 0.1) is 5.92 Å². The van der Waals surface area contributed by atoms with Crippen molar-refractivity contribution in [1.29, 1.82) is 0 Å². The molecule has 0 radical (unpaired) electrons. The number of sulfonamides is 1. The summed E-state index contributed by atoms with van der Waals surface area (Å²) in [4.78, 5) is 13.1. The zero-order chi connectivity index (χ0) is 19.7. The first-order chi connectivity index (χ1) is 13.4. The number of carbonyl (C=O) groups is 1. The van der Waals surface area contributed by atoms with Crippen LogP contribution in [0.5, 0.6) is 0 Å². The van der Waals surface area contributed by atoms with Gasteiger partial charge in [0.15, 0.2) is 0 Å². The molecule has 0 bridgehead atoms. The normalized spacial score (nSPS) is 22.6. The molecular formula is C21H23BrN2O3S. The molecule has 0 aromatic heterocycles. The number of nitrogens with one attached hydrogen (secondary N) is 1. The summed E-state index contributed by atoms with van der Waals surface area (Å²) in [6.45, 7) is 0.688. The zero-order valence-corrected chi connectivity index (χ0v) is 17.9. The molecule has 1 amide bonds. The Labute approximate surface area is 174 Å². The van der Waals surface area contributed by atoms with Crippen LogP contribution < -0.4 is 5.32 Å². The Bertz CT molecular complexity index is 975. The number of amides is 1. The van der Waals surface area contributed by atoms with Gasteiger partial charge in [-0.15, -0.1) is 0 Å². The molecule has 2 aromatic rings. The molecule has 1 N–H and O–H groups in total. The first kappa shape index (κ1) is 19.6. The van der Waals surface area contributed by atoms with E-state index in [1.165, 1.54) is 15.4 Å². The fourth-order valence-electron chi connectivity index (χ4n) is 4.13. The predicted octanol–water partition coefficient (Wildman–Crippen LogP) is 3.65. The topological polar surface area (TPSA) is 66.5 Å². The van der Waals surface area contributed by atoms with Crippen molar-refractivity contribution in [3.63, 3.8) is 0 Å². The van der Waals surface area contributed by atoms with Crippen LogP contribution in [-0.2, 0) is 21.2 Å². The third-order valence-electron chi connectivity index (χ3n) is 5.66. The smallest absolute Gasteiger partial charge is 0.243 e. The first-order valence-electron chi connectivity index (χ1n) is 9.59. The third-order valence-corrected chi connectivity index (χ3v) is 8.06. The van der Waals surface area contributed by atoms with E-state index in [0.29, 0.717) is 19.4 Å². The average Bonchev–Trinajstić information content (AvgIpc) is 3.11. The summed E-state index contributed by atoms with van der Waals surface area (Å²) in [5.41, 5.74) is 2.47. The Balaban J connectivity index is 1.45. The summed E-state index contributed by atoms with van der Waals surface area (Å²) >= 11 is 3.33. The van der Waals surface area contributed by atoms with Crippen molar-refractivity contribution >= 4 is 31.9 Å². The molecule has 7 heteroatoms. The molecule has 1 heterocycles. The molecule has 28 heavy (non-hydrogen) atoms. The molecule has 148 valence electrons. The standard InChI is InChI=1S/C21H23BrN2O3S/c22-17-8-10-18(11-9-17)28(26,27)24-13-3-5-16(14-24)21(25)23-20-12-7-15-4-1-2-6-19(15)20/h1-2,4,6,8-11,16,20H,3,5,7,12-14H2,(H,23,25). The number of benzene rings is 2. The van der Waals surface area contributed by atoms with Crippen LogP contribution in [0.2, 0.25) is 0 Å². The molecule has 2 unspecified atom stereocenters. The summed E-state index contributed by atoms with van der Waals surface area (Å²) in [7, 11) is -3.59. The lowest BCUT2D eigenvalue weighted by Crippen LogP contribution is -2.45. The minimum atomic E-state index is -3.59. The maximum atomic E-state index is 13.0. The monoisotopic (exact) mass is 462 g/mol. The highest BCUT2D eigenvalue weighted by Gasteiger charge is 2.34. The number of hydrogen-bond acceptors (Lipinski definition) is 3. The van der Waals surface area contributed by atoms with Crippen molar-refractivity contribution in [2.45, 2.75) is 36.6 Å². The van der Waals surface area contributed by atoms with Gasteiger partial charge in [-0.1, -0.05) is 40.2 Å². The van der Waals surface area contributed by atoms with Crippen molar-refractivity contribution in [2.24, 2.45) is 5.92 Å². The minimum absolute atomic E-state index is 0.0298. The van der Waals surface area contributed by atoms with Gasteiger partial charge in [0.05, 0.1) is 16.9 Å². The highest BCUT2D eigenvalue weighted by Crippen LogP contribution is 2.32. The summed E-state index contributed by atoms with van der Waals surface area (Å²) in [5, 5.41) is 3.16. The van der Waals surface area contributed by atoms with Crippen LogP contribution in [0.15, 0.2) is 57.9 Å². The lowest BCUT2D eigenvalue weighted by molar-refractivity contribution is -0.126. The van der Waals surface area contributed by atoms with Gasteiger partial charge in [0.25, 0.3) is 0 Å². The minimum Gasteiger partial charge on any atom is -0.349 e. The van der Waals surface area contributed by atoms with Crippen molar-refractivity contribution < 1.29 is 13.2 Å². The van der Waals surface area contributed by atoms with Gasteiger partial charge in [-0.25, -0.2) is 8.42 Å². The maximum Gasteiger partial charge on any atom is 0.243 e. The second kappa shape index (κ2) is 7.97. The van der Waals surface area contributed by atoms with Crippen LogP contribution in [0.3, 0.4) is 0 Å². The van der Waals surface area contributed by atoms with Crippen LogP contribution >= 0.6 is 15.9 Å². The zero-order valence-electron chi connectivity index (χ0n) is 15.5. The van der Waals surface area contributed by atoms with Crippen LogP contribution in [0.1, 0.15) is 36.4 Å². The van der Waals surface area contributed by atoms with Gasteiger partial charge >= 0.3 is 0 Å². The molecule has 5 nitrogen and oxygen atoms in total. The van der Waals surface area contributed by atoms with Crippen molar-refractivity contribution in [3.8, 4) is 0 Å². The highest BCUT2D eigenvalue weighted by molar-refractivity contribution is 9.10. The van der Waals surface area contributed by atoms with Gasteiger partial charge in [0.1, 0.15) is 0 Å². The molecular weight excluding hydrogens is 440 g/mol. The summed E-state index contributed by atoms with van der Waals surface area (Å²) in [6, 6.07) is 14.9. The Hall–Kier alpha value is -1.70. The highest BCUT2D eigenvalue weighted by atomic mass is 79.9. The van der Waals surface area contributed by atoms with E-state index in [2.05, 4.69) is 33.4 Å². The van der Waals surface area contributed by atoms with Gasteiger partial charge in [-0.05, 0) is 61.1 Å². The first-order valence-corrected chi connectivity index (χ1v) is 11.8. The van der Waals surface area contributed by atoms with Crippen molar-refractivity contribution in [2.75, 3.05) is 13.1 Å². The van der Waals surface area contributed by atoms with E-state index in [0.717, 1.165) is 17.3 Å². The molecule has 1 aliphatic heterocycles. The quantitative estimate of drug-likeness (QED) is 0.753. The summed E-state index contributed by atoms with van der Waals surface area (Å²) < 4.78 is 28.2. The van der Waals surface area contributed by atoms with E-state index < -0.39 is 10.0 Å². The van der Waals surface area contributed by atoms with E-state index in [4.69, 9.17) is 0 Å². The average molecular weight is 463 g/mol. The molecule has 4 rings (SSSR count). The third kappa shape index (κ3) is 3.88. The molecule has 1 fully saturated rings. The number of carbonyl (C=O) groups excluding carboxylic acids is 1. The van der Waals surface area contributed by atoms with Gasteiger partial charge in [0, 0.05) is 17.6 Å². The van der Waals surface area contributed by atoms with Gasteiger partial charge in [-0.3, -0.25) is 4.79 Å². The number of nitrogens with zero attached hydrogens (tertiary/aromatic N) is 1. The number of aryl methyl sites for hydroxylation is 1. The SMILES string of the molecule is O=C(NC1CCc2ccccc21)C1CCCN(S(=O)(=O)c2ccc(Br)cc2)C1. The van der Waals surface area contributed by atoms with Crippen LogP contribution in [-0.4, -0.2) is 31.7 Å². The van der Waals surface area contributed by atoms with E-state index in [9.17, 15) is 13.2 Å². The number of halogens is 1. The number of rotatable bonds is 4. The largest absolute Gasteiger partial charge is 0.349 e. The van der Waals surface area contributed by atoms with Gasteiger partial charge in [0.2, 0.25) is 15.9 Å². The number of fused-ring (bicyclic) bond motifs is 1. The van der Waals surface area contributed by atoms with E-state index in [1.807, 2.05) is 12.1 Å². The van der Waals surface area contributed by atoms with Crippen molar-refractivity contribution in [3.05, 3.63) is 64.1 Å². The van der Waals surface area contributed by atoms with Crippen molar-refractivity contribution in [1.82, 2.24) is 9.62 Å². The second-order valence-electron chi connectivity index (χ2n) is 7.45. The van der Waals surface area contributed by atoms with Gasteiger partial charge < -0.3 is 5.32 Å². The summed E-state index contributed by atoms with van der Waals surface area (Å²) in [6.07, 6.45) is 3.27. The van der Waals surface area contributed by atoms with E-state index >= 15 is 0 Å². The van der Waals surface area contributed by atoms with Crippen LogP contribution in [0.25, 0.3) is 0 Å². The molecule has 2 aliphatic rings. The van der Waals surface area contributed by atoms with E-state index in [1.54, 1.807) is 24.3 Å². The Morgan fingerprint density at radius 1 is 1.07 bits per heavy atom. The molecule has 0 spiro atoms. The van der Waals surface area contributed by atoms with Crippen LogP contribution in [0.4, 0.5) is 0 Å². The summed E-state index contributed by atoms with van der Waals surface area (Å²) in [5.74, 6) is -0.357. The van der Waals surface area contributed by atoms with Gasteiger partial charge in [-0.2, -0.15) is 4.31 Å². The van der Waals surface area contributed by atoms with E-state index in [-0.39, 0.29) is 29.3 Å². The fourth-order valence-corrected chi connectivity index (χ4v) is 5.92. The lowest BCUT2D eigenvalue weighted by atomic mass is 9.98. The fraction of sp³-hybridized carbons (Fsp3) is 0.381. The molecule has 0 saturated carbocycles. The Morgan fingerprint density at radius 3 is 2.61 bits per heavy atom. The predicted molar refractivity (Wildman–Crippen MR) is 111 cm³/mol. The lowest BCUT2D eigenvalue weighted by Gasteiger charge is -2.32. The number of piperidine rings is 1. The Kier molecular flexibility index (Phi) is 5.58.